The first-order chi connectivity index (χ1) is 11.6. The topological polar surface area (TPSA) is 61.4 Å². The monoisotopic (exact) mass is 373 g/mol. The fourth-order valence-corrected chi connectivity index (χ4v) is 3.97. The molecule has 0 radical (unpaired) electrons. The maximum atomic E-state index is 12.7. The Morgan fingerprint density at radius 3 is 2.76 bits per heavy atom. The van der Waals surface area contributed by atoms with Crippen LogP contribution < -0.4 is 10.6 Å². The van der Waals surface area contributed by atoms with E-state index in [0.29, 0.717) is 43.0 Å². The van der Waals surface area contributed by atoms with Gasteiger partial charge >= 0.3 is 0 Å². The lowest BCUT2D eigenvalue weighted by Gasteiger charge is -2.35. The lowest BCUT2D eigenvalue weighted by atomic mass is 9.85. The molecule has 0 aromatic rings. The van der Waals surface area contributed by atoms with Crippen LogP contribution in [-0.2, 0) is 9.59 Å². The van der Waals surface area contributed by atoms with E-state index in [0.717, 1.165) is 45.4 Å². The van der Waals surface area contributed by atoms with Crippen LogP contribution in [0.25, 0.3) is 0 Å². The highest BCUT2D eigenvalue weighted by atomic mass is 35.5. The lowest BCUT2D eigenvalue weighted by molar-refractivity contribution is -0.134. The first kappa shape index (κ1) is 22.2. The van der Waals surface area contributed by atoms with Gasteiger partial charge in [-0.15, -0.1) is 12.4 Å². The molecule has 146 valence electrons. The molecule has 2 rings (SSSR count). The normalized spacial score (nSPS) is 25.0. The van der Waals surface area contributed by atoms with Gasteiger partial charge < -0.3 is 15.5 Å². The van der Waals surface area contributed by atoms with E-state index in [2.05, 4.69) is 17.6 Å². The number of nitrogens with one attached hydrogen (secondary N) is 2. The Balaban J connectivity index is 0.00000312. The molecular formula is C19H36ClN3O2. The summed E-state index contributed by atoms with van der Waals surface area (Å²) in [6, 6.07) is 0. The van der Waals surface area contributed by atoms with Crippen molar-refractivity contribution in [2.45, 2.75) is 58.8 Å². The summed E-state index contributed by atoms with van der Waals surface area (Å²) in [6.07, 6.45) is 6.79. The molecule has 0 bridgehead atoms. The van der Waals surface area contributed by atoms with Crippen LogP contribution in [0.3, 0.4) is 0 Å². The summed E-state index contributed by atoms with van der Waals surface area (Å²) in [4.78, 5) is 26.3. The third kappa shape index (κ3) is 7.53. The van der Waals surface area contributed by atoms with Crippen molar-refractivity contribution in [1.82, 2.24) is 15.5 Å². The molecule has 2 fully saturated rings. The Hall–Kier alpha value is -0.810. The molecule has 0 spiro atoms. The van der Waals surface area contributed by atoms with Gasteiger partial charge in [-0.2, -0.15) is 0 Å². The van der Waals surface area contributed by atoms with E-state index in [1.54, 1.807) is 0 Å². The van der Waals surface area contributed by atoms with E-state index < -0.39 is 0 Å². The Bertz CT molecular complexity index is 413. The van der Waals surface area contributed by atoms with Gasteiger partial charge in [0.1, 0.15) is 0 Å². The summed E-state index contributed by atoms with van der Waals surface area (Å²) in [5.74, 6) is 1.94. The summed E-state index contributed by atoms with van der Waals surface area (Å²) in [5.41, 5.74) is 0. The summed E-state index contributed by atoms with van der Waals surface area (Å²) < 4.78 is 0. The van der Waals surface area contributed by atoms with Gasteiger partial charge in [0.2, 0.25) is 11.8 Å². The highest BCUT2D eigenvalue weighted by molar-refractivity contribution is 5.85. The highest BCUT2D eigenvalue weighted by Gasteiger charge is 2.27. The summed E-state index contributed by atoms with van der Waals surface area (Å²) in [5, 5.41) is 6.47. The maximum absolute atomic E-state index is 12.7. The van der Waals surface area contributed by atoms with Gasteiger partial charge in [-0.25, -0.2) is 0 Å². The summed E-state index contributed by atoms with van der Waals surface area (Å²) >= 11 is 0. The minimum atomic E-state index is 0. The van der Waals surface area contributed by atoms with Crippen molar-refractivity contribution < 1.29 is 9.59 Å². The molecule has 3 atom stereocenters. The van der Waals surface area contributed by atoms with Crippen molar-refractivity contribution in [2.24, 2.45) is 17.8 Å². The van der Waals surface area contributed by atoms with Gasteiger partial charge in [0.05, 0.1) is 0 Å². The Labute approximate surface area is 159 Å². The third-order valence-corrected chi connectivity index (χ3v) is 5.57. The van der Waals surface area contributed by atoms with Crippen LogP contribution in [0.1, 0.15) is 58.8 Å². The number of rotatable bonds is 7. The number of nitrogens with zero attached hydrogens (tertiary/aromatic N) is 1. The van der Waals surface area contributed by atoms with Gasteiger partial charge in [0.25, 0.3) is 0 Å². The van der Waals surface area contributed by atoms with E-state index in [4.69, 9.17) is 0 Å². The second-order valence-electron chi connectivity index (χ2n) is 7.69. The van der Waals surface area contributed by atoms with Crippen molar-refractivity contribution in [1.29, 1.82) is 0 Å². The van der Waals surface area contributed by atoms with Crippen molar-refractivity contribution in [3.8, 4) is 0 Å². The summed E-state index contributed by atoms with van der Waals surface area (Å²) in [7, 11) is 0. The van der Waals surface area contributed by atoms with Gasteiger partial charge in [-0.05, 0) is 62.9 Å². The van der Waals surface area contributed by atoms with Crippen LogP contribution in [0.2, 0.25) is 0 Å². The first-order valence-electron chi connectivity index (χ1n) is 9.85. The maximum Gasteiger partial charge on any atom is 0.222 e. The predicted octanol–water partition coefficient (Wildman–Crippen LogP) is 2.59. The SMILES string of the molecule is CCCC(=O)NCC1CCCN(C(=O)CC(C)C2CCCNC2)C1.Cl. The largest absolute Gasteiger partial charge is 0.356 e. The number of amides is 2. The minimum absolute atomic E-state index is 0. The van der Waals surface area contributed by atoms with E-state index in [1.165, 1.54) is 12.8 Å². The Morgan fingerprint density at radius 2 is 2.08 bits per heavy atom. The smallest absolute Gasteiger partial charge is 0.222 e. The molecule has 2 amide bonds. The van der Waals surface area contributed by atoms with Gasteiger partial charge in [-0.3, -0.25) is 9.59 Å². The number of carbonyl (C=O) groups excluding carboxylic acids is 2. The van der Waals surface area contributed by atoms with Crippen LogP contribution in [0.5, 0.6) is 0 Å². The number of halogens is 1. The average Bonchev–Trinajstić information content (AvgIpc) is 2.61. The molecule has 2 heterocycles. The van der Waals surface area contributed by atoms with Crippen LogP contribution in [0, 0.1) is 17.8 Å². The molecule has 0 aliphatic carbocycles. The molecule has 0 aromatic heterocycles. The predicted molar refractivity (Wildman–Crippen MR) is 104 cm³/mol. The molecule has 25 heavy (non-hydrogen) atoms. The number of hydrogen-bond acceptors (Lipinski definition) is 3. The van der Waals surface area contributed by atoms with E-state index in [9.17, 15) is 9.59 Å². The van der Waals surface area contributed by atoms with Gasteiger partial charge in [-0.1, -0.05) is 13.8 Å². The number of hydrogen-bond donors (Lipinski definition) is 2. The standard InChI is InChI=1S/C19H35N3O2.ClH/c1-3-6-18(23)21-12-16-7-5-10-22(14-16)19(24)11-15(2)17-8-4-9-20-13-17;/h15-17,20H,3-14H2,1-2H3,(H,21,23);1H. The fraction of sp³-hybridized carbons (Fsp3) is 0.895. The second kappa shape index (κ2) is 11.7. The van der Waals surface area contributed by atoms with Gasteiger partial charge in [0, 0.05) is 32.5 Å². The zero-order chi connectivity index (χ0) is 17.4. The number of carbonyl (C=O) groups is 2. The number of likely N-dealkylation sites (tertiary alicyclic amines) is 1. The average molecular weight is 374 g/mol. The fourth-order valence-electron chi connectivity index (χ4n) is 3.97. The van der Waals surface area contributed by atoms with Crippen molar-refractivity contribution in [3.63, 3.8) is 0 Å². The van der Waals surface area contributed by atoms with Crippen molar-refractivity contribution in [2.75, 3.05) is 32.7 Å². The summed E-state index contributed by atoms with van der Waals surface area (Å²) in [6.45, 7) is 8.82. The zero-order valence-corrected chi connectivity index (χ0v) is 16.7. The second-order valence-corrected chi connectivity index (χ2v) is 7.69. The third-order valence-electron chi connectivity index (χ3n) is 5.57. The number of piperidine rings is 2. The van der Waals surface area contributed by atoms with E-state index in [-0.39, 0.29) is 18.3 Å². The van der Waals surface area contributed by atoms with E-state index in [1.807, 2.05) is 11.8 Å². The lowest BCUT2D eigenvalue weighted by Crippen LogP contribution is -2.44. The van der Waals surface area contributed by atoms with Crippen molar-refractivity contribution in [3.05, 3.63) is 0 Å². The Kier molecular flexibility index (Phi) is 10.4. The van der Waals surface area contributed by atoms with Crippen LogP contribution in [0.15, 0.2) is 0 Å². The van der Waals surface area contributed by atoms with Crippen LogP contribution in [0.4, 0.5) is 0 Å². The Morgan fingerprint density at radius 1 is 1.28 bits per heavy atom. The molecule has 6 heteroatoms. The van der Waals surface area contributed by atoms with Gasteiger partial charge in [0.15, 0.2) is 0 Å². The molecule has 3 unspecified atom stereocenters. The molecule has 2 saturated heterocycles. The first-order valence-corrected chi connectivity index (χ1v) is 9.85. The van der Waals surface area contributed by atoms with Crippen LogP contribution in [-0.4, -0.2) is 49.4 Å². The van der Waals surface area contributed by atoms with Crippen LogP contribution >= 0.6 is 12.4 Å². The molecule has 0 saturated carbocycles. The minimum Gasteiger partial charge on any atom is -0.356 e. The van der Waals surface area contributed by atoms with E-state index >= 15 is 0 Å². The molecule has 2 aliphatic heterocycles. The molecule has 5 nitrogen and oxygen atoms in total. The molecule has 2 N–H and O–H groups in total. The molecule has 0 aromatic carbocycles. The zero-order valence-electron chi connectivity index (χ0n) is 15.9. The molecule has 2 aliphatic rings. The highest BCUT2D eigenvalue weighted by Crippen LogP contribution is 2.24. The molecular weight excluding hydrogens is 338 g/mol. The van der Waals surface area contributed by atoms with Crippen molar-refractivity contribution >= 4 is 24.2 Å². The quantitative estimate of drug-likeness (QED) is 0.721.